The summed E-state index contributed by atoms with van der Waals surface area (Å²) in [5.41, 5.74) is -0.579. The van der Waals surface area contributed by atoms with Gasteiger partial charge in [0.1, 0.15) is 17.7 Å². The van der Waals surface area contributed by atoms with Crippen LogP contribution in [0.15, 0.2) is 12.1 Å². The average molecular weight is 292 g/mol. The maximum Gasteiger partial charge on any atom is 0.326 e. The van der Waals surface area contributed by atoms with Crippen molar-refractivity contribution in [2.24, 2.45) is 0 Å². The van der Waals surface area contributed by atoms with Crippen LogP contribution in [0.25, 0.3) is 0 Å². The highest BCUT2D eigenvalue weighted by atomic mass is 35.5. The number of nitrogens with one attached hydrogen (secondary N) is 1. The molecule has 0 radical (unpaired) electrons. The molecule has 0 unspecified atom stereocenters. The van der Waals surface area contributed by atoms with Crippen molar-refractivity contribution < 1.29 is 23.5 Å². The summed E-state index contributed by atoms with van der Waals surface area (Å²) in [6.45, 7) is 1.74. The van der Waals surface area contributed by atoms with Gasteiger partial charge in [-0.2, -0.15) is 0 Å². The summed E-state index contributed by atoms with van der Waals surface area (Å²) in [4.78, 5) is 22.6. The molecule has 104 valence electrons. The van der Waals surface area contributed by atoms with Crippen LogP contribution in [0.2, 0.25) is 5.02 Å². The number of hydrogen-bond donors (Lipinski definition) is 2. The summed E-state index contributed by atoms with van der Waals surface area (Å²) >= 11 is 5.36. The zero-order valence-electron chi connectivity index (χ0n) is 10.0. The van der Waals surface area contributed by atoms with Crippen LogP contribution in [0, 0.1) is 11.6 Å². The predicted octanol–water partition coefficient (Wildman–Crippen LogP) is 2.60. The van der Waals surface area contributed by atoms with E-state index >= 15 is 0 Å². The highest BCUT2D eigenvalue weighted by Gasteiger charge is 2.22. The molecule has 1 aromatic rings. The van der Waals surface area contributed by atoms with Gasteiger partial charge in [0.2, 0.25) is 0 Å². The number of carboxylic acids is 1. The van der Waals surface area contributed by atoms with Gasteiger partial charge in [0.05, 0.1) is 10.6 Å². The first-order valence-corrected chi connectivity index (χ1v) is 5.92. The number of carboxylic acid groups (broad SMARTS) is 1. The molecule has 1 atom stereocenters. The van der Waals surface area contributed by atoms with Gasteiger partial charge in [0.15, 0.2) is 0 Å². The van der Waals surface area contributed by atoms with Gasteiger partial charge in [-0.15, -0.1) is 0 Å². The lowest BCUT2D eigenvalue weighted by Gasteiger charge is -2.14. The molecule has 4 nitrogen and oxygen atoms in total. The number of benzene rings is 1. The first kappa shape index (κ1) is 15.4. The molecule has 0 heterocycles. The second-order valence-corrected chi connectivity index (χ2v) is 4.31. The van der Waals surface area contributed by atoms with Gasteiger partial charge in [-0.25, -0.2) is 13.6 Å². The number of amides is 1. The molecule has 2 N–H and O–H groups in total. The molecule has 1 aromatic carbocycles. The second kappa shape index (κ2) is 6.47. The summed E-state index contributed by atoms with van der Waals surface area (Å²) in [5, 5.41) is 10.6. The molecule has 0 spiro atoms. The Bertz CT molecular complexity index is 508. The van der Waals surface area contributed by atoms with Crippen molar-refractivity contribution in [1.82, 2.24) is 5.32 Å². The molecule has 1 rings (SSSR count). The smallest absolute Gasteiger partial charge is 0.326 e. The van der Waals surface area contributed by atoms with E-state index in [-0.39, 0.29) is 6.42 Å². The summed E-state index contributed by atoms with van der Waals surface area (Å²) in [6.07, 6.45) is 0.716. The van der Waals surface area contributed by atoms with E-state index in [2.05, 4.69) is 5.32 Å². The summed E-state index contributed by atoms with van der Waals surface area (Å²) in [5.74, 6) is -4.18. The Morgan fingerprint density at radius 2 is 2.00 bits per heavy atom. The summed E-state index contributed by atoms with van der Waals surface area (Å²) in [7, 11) is 0. The minimum absolute atomic E-state index is 0.193. The van der Waals surface area contributed by atoms with E-state index in [1.807, 2.05) is 0 Å². The van der Waals surface area contributed by atoms with E-state index in [1.54, 1.807) is 6.92 Å². The number of halogens is 3. The average Bonchev–Trinajstić information content (AvgIpc) is 2.32. The van der Waals surface area contributed by atoms with Gasteiger partial charge in [-0.1, -0.05) is 24.9 Å². The van der Waals surface area contributed by atoms with Crippen LogP contribution in [-0.2, 0) is 4.79 Å². The van der Waals surface area contributed by atoms with Crippen LogP contribution < -0.4 is 5.32 Å². The Kier molecular flexibility index (Phi) is 5.23. The molecule has 0 fully saturated rings. The molecular formula is C12H12ClF2NO3. The van der Waals surface area contributed by atoms with Crippen molar-refractivity contribution in [2.75, 3.05) is 0 Å². The van der Waals surface area contributed by atoms with Gasteiger partial charge in [-0.3, -0.25) is 4.79 Å². The summed E-state index contributed by atoms with van der Waals surface area (Å²) < 4.78 is 26.6. The molecule has 7 heteroatoms. The van der Waals surface area contributed by atoms with Crippen molar-refractivity contribution in [3.05, 3.63) is 34.4 Å². The Morgan fingerprint density at radius 1 is 1.37 bits per heavy atom. The highest BCUT2D eigenvalue weighted by Crippen LogP contribution is 2.19. The van der Waals surface area contributed by atoms with Crippen LogP contribution in [0.1, 0.15) is 30.1 Å². The molecule has 0 aliphatic carbocycles. The molecule has 0 bridgehead atoms. The molecule has 0 aromatic heterocycles. The monoisotopic (exact) mass is 291 g/mol. The molecule has 1 amide bonds. The fourth-order valence-electron chi connectivity index (χ4n) is 1.48. The molecule has 0 saturated heterocycles. The fraction of sp³-hybridized carbons (Fsp3) is 0.333. The van der Waals surface area contributed by atoms with Gasteiger partial charge >= 0.3 is 5.97 Å². The van der Waals surface area contributed by atoms with E-state index < -0.39 is 40.1 Å². The molecule has 19 heavy (non-hydrogen) atoms. The lowest BCUT2D eigenvalue weighted by atomic mass is 10.1. The van der Waals surface area contributed by atoms with Gasteiger partial charge in [0.25, 0.3) is 5.91 Å². The van der Waals surface area contributed by atoms with E-state index in [0.29, 0.717) is 18.6 Å². The molecule has 0 aliphatic rings. The maximum atomic E-state index is 13.5. The maximum absolute atomic E-state index is 13.5. The number of carbonyl (C=O) groups is 2. The number of rotatable bonds is 5. The first-order valence-electron chi connectivity index (χ1n) is 5.55. The van der Waals surface area contributed by atoms with E-state index in [4.69, 9.17) is 16.7 Å². The number of aliphatic carboxylic acids is 1. The fourth-order valence-corrected chi connectivity index (χ4v) is 1.63. The Hall–Kier alpha value is -1.69. The number of carbonyl (C=O) groups excluding carboxylic acids is 1. The van der Waals surface area contributed by atoms with E-state index in [9.17, 15) is 18.4 Å². The highest BCUT2D eigenvalue weighted by molar-refractivity contribution is 6.30. The topological polar surface area (TPSA) is 66.4 Å². The Labute approximate surface area is 113 Å². The van der Waals surface area contributed by atoms with Gasteiger partial charge in [0, 0.05) is 0 Å². The van der Waals surface area contributed by atoms with Crippen molar-refractivity contribution in [3.63, 3.8) is 0 Å². The minimum atomic E-state index is -1.23. The summed E-state index contributed by atoms with van der Waals surface area (Å²) in [6, 6.07) is 0.162. The van der Waals surface area contributed by atoms with Crippen LogP contribution >= 0.6 is 11.6 Å². The number of hydrogen-bond acceptors (Lipinski definition) is 2. The quantitative estimate of drug-likeness (QED) is 0.820. The Balaban J connectivity index is 2.94. The van der Waals surface area contributed by atoms with Crippen LogP contribution in [0.3, 0.4) is 0 Å². The molecule has 0 saturated carbocycles. The standard InChI is InChI=1S/C12H12ClF2NO3/c1-2-3-10(12(18)19)16-11(17)6-4-9(15)7(13)5-8(6)14/h4-5,10H,2-3H2,1H3,(H,16,17)(H,18,19)/t10-/m1/s1. The van der Waals surface area contributed by atoms with Crippen molar-refractivity contribution in [2.45, 2.75) is 25.8 Å². The third-order valence-electron chi connectivity index (χ3n) is 2.44. The van der Waals surface area contributed by atoms with E-state index in [0.717, 1.165) is 0 Å². The zero-order valence-corrected chi connectivity index (χ0v) is 10.8. The molecular weight excluding hydrogens is 280 g/mol. The van der Waals surface area contributed by atoms with E-state index in [1.165, 1.54) is 0 Å². The largest absolute Gasteiger partial charge is 0.480 e. The lowest BCUT2D eigenvalue weighted by molar-refractivity contribution is -0.139. The van der Waals surface area contributed by atoms with Crippen LogP contribution in [0.4, 0.5) is 8.78 Å². The van der Waals surface area contributed by atoms with Crippen molar-refractivity contribution >= 4 is 23.5 Å². The van der Waals surface area contributed by atoms with Crippen molar-refractivity contribution in [1.29, 1.82) is 0 Å². The van der Waals surface area contributed by atoms with Crippen molar-refractivity contribution in [3.8, 4) is 0 Å². The van der Waals surface area contributed by atoms with Crippen LogP contribution in [0.5, 0.6) is 0 Å². The van der Waals surface area contributed by atoms with Gasteiger partial charge < -0.3 is 10.4 Å². The first-order chi connectivity index (χ1) is 8.86. The normalized spacial score (nSPS) is 12.0. The predicted molar refractivity (Wildman–Crippen MR) is 65.2 cm³/mol. The SMILES string of the molecule is CCC[C@@H](NC(=O)c1cc(F)c(Cl)cc1F)C(=O)O. The third-order valence-corrected chi connectivity index (χ3v) is 2.73. The van der Waals surface area contributed by atoms with Crippen LogP contribution in [-0.4, -0.2) is 23.0 Å². The third kappa shape index (κ3) is 3.89. The minimum Gasteiger partial charge on any atom is -0.480 e. The zero-order chi connectivity index (χ0) is 14.6. The Morgan fingerprint density at radius 3 is 2.53 bits per heavy atom. The molecule has 0 aliphatic heterocycles. The lowest BCUT2D eigenvalue weighted by Crippen LogP contribution is -2.41. The van der Waals surface area contributed by atoms with Gasteiger partial charge in [-0.05, 0) is 18.6 Å². The second-order valence-electron chi connectivity index (χ2n) is 3.90.